The fourth-order valence-electron chi connectivity index (χ4n) is 1.48. The van der Waals surface area contributed by atoms with Crippen LogP contribution in [0.5, 0.6) is 0 Å². The quantitative estimate of drug-likeness (QED) is 0.815. The van der Waals surface area contributed by atoms with Crippen LogP contribution in [0.25, 0.3) is 5.69 Å². The minimum Gasteiger partial charge on any atom is -0.273 e. The smallest absolute Gasteiger partial charge is 0.273 e. The molecule has 0 saturated heterocycles. The van der Waals surface area contributed by atoms with Crippen molar-refractivity contribution in [2.75, 3.05) is 0 Å². The Bertz CT molecular complexity index is 729. The van der Waals surface area contributed by atoms with Gasteiger partial charge in [-0.1, -0.05) is 0 Å². The van der Waals surface area contributed by atoms with Gasteiger partial charge in [0.2, 0.25) is 0 Å². The van der Waals surface area contributed by atoms with Crippen molar-refractivity contribution in [3.63, 3.8) is 0 Å². The van der Waals surface area contributed by atoms with Crippen molar-refractivity contribution < 1.29 is 0 Å². The normalized spacial score (nSPS) is 10.6. The van der Waals surface area contributed by atoms with E-state index in [4.69, 9.17) is 5.26 Å². The molecule has 2 aromatic rings. The van der Waals surface area contributed by atoms with Crippen molar-refractivity contribution in [2.24, 2.45) is 0 Å². The van der Waals surface area contributed by atoms with E-state index in [1.165, 1.54) is 17.0 Å². The highest BCUT2D eigenvalue weighted by atomic mass is 16.2. The third-order valence-corrected chi connectivity index (χ3v) is 2.46. The molecule has 7 nitrogen and oxygen atoms in total. The Morgan fingerprint density at radius 1 is 1.39 bits per heavy atom. The molecule has 0 fully saturated rings. The van der Waals surface area contributed by atoms with Gasteiger partial charge in [-0.05, 0) is 13.8 Å². The first kappa shape index (κ1) is 11.9. The van der Waals surface area contributed by atoms with E-state index in [9.17, 15) is 9.59 Å². The van der Waals surface area contributed by atoms with E-state index in [2.05, 4.69) is 10.1 Å². The molecule has 0 aliphatic carbocycles. The summed E-state index contributed by atoms with van der Waals surface area (Å²) in [5.41, 5.74) is -0.898. The summed E-state index contributed by atoms with van der Waals surface area (Å²) >= 11 is 0. The minimum atomic E-state index is -0.685. The third-order valence-electron chi connectivity index (χ3n) is 2.46. The van der Waals surface area contributed by atoms with Crippen LogP contribution in [0.15, 0.2) is 28.2 Å². The lowest BCUT2D eigenvalue weighted by molar-refractivity contribution is 0.532. The van der Waals surface area contributed by atoms with Gasteiger partial charge < -0.3 is 0 Å². The molecule has 7 heteroatoms. The first-order chi connectivity index (χ1) is 8.52. The molecule has 0 aliphatic rings. The maximum Gasteiger partial charge on any atom is 0.333 e. The molecule has 2 rings (SSSR count). The van der Waals surface area contributed by atoms with Crippen molar-refractivity contribution in [2.45, 2.75) is 19.9 Å². The second kappa shape index (κ2) is 4.33. The van der Waals surface area contributed by atoms with Gasteiger partial charge in [0.05, 0.1) is 11.9 Å². The largest absolute Gasteiger partial charge is 0.333 e. The zero-order valence-corrected chi connectivity index (χ0v) is 9.91. The summed E-state index contributed by atoms with van der Waals surface area (Å²) < 4.78 is 2.87. The van der Waals surface area contributed by atoms with E-state index in [0.29, 0.717) is 5.69 Å². The molecule has 18 heavy (non-hydrogen) atoms. The van der Waals surface area contributed by atoms with Crippen LogP contribution in [-0.2, 0) is 0 Å². The van der Waals surface area contributed by atoms with Crippen LogP contribution in [0.3, 0.4) is 0 Å². The number of H-pyrrole nitrogens is 1. The number of hydrogen-bond donors (Lipinski definition) is 1. The van der Waals surface area contributed by atoms with Crippen molar-refractivity contribution in [3.8, 4) is 11.8 Å². The van der Waals surface area contributed by atoms with E-state index in [1.54, 1.807) is 16.9 Å². The molecule has 0 spiro atoms. The van der Waals surface area contributed by atoms with Crippen molar-refractivity contribution in [3.05, 3.63) is 45.0 Å². The van der Waals surface area contributed by atoms with Crippen LogP contribution in [-0.4, -0.2) is 19.3 Å². The minimum absolute atomic E-state index is 0.119. The molecule has 1 N–H and O–H groups in total. The zero-order valence-electron chi connectivity index (χ0n) is 9.91. The lowest BCUT2D eigenvalue weighted by Gasteiger charge is -2.04. The molecule has 2 aromatic heterocycles. The van der Waals surface area contributed by atoms with Crippen LogP contribution in [0.1, 0.15) is 25.5 Å². The van der Waals surface area contributed by atoms with Crippen molar-refractivity contribution in [1.29, 1.82) is 5.26 Å². The maximum absolute atomic E-state index is 11.6. The summed E-state index contributed by atoms with van der Waals surface area (Å²) in [6.45, 7) is 3.90. The monoisotopic (exact) mass is 245 g/mol. The fourth-order valence-corrected chi connectivity index (χ4v) is 1.48. The van der Waals surface area contributed by atoms with Gasteiger partial charge in [0.15, 0.2) is 0 Å². The van der Waals surface area contributed by atoms with Crippen LogP contribution in [0, 0.1) is 11.3 Å². The van der Waals surface area contributed by atoms with Crippen LogP contribution < -0.4 is 11.2 Å². The Morgan fingerprint density at radius 2 is 2.11 bits per heavy atom. The molecule has 0 amide bonds. The van der Waals surface area contributed by atoms with E-state index < -0.39 is 11.2 Å². The average Bonchev–Trinajstić information content (AvgIpc) is 2.78. The number of nitrogens with zero attached hydrogens (tertiary/aromatic N) is 4. The summed E-state index contributed by atoms with van der Waals surface area (Å²) in [7, 11) is 0. The maximum atomic E-state index is 11.6. The Morgan fingerprint density at radius 3 is 2.67 bits per heavy atom. The molecule has 2 heterocycles. The van der Waals surface area contributed by atoms with Gasteiger partial charge in [-0.25, -0.2) is 4.79 Å². The summed E-state index contributed by atoms with van der Waals surface area (Å²) in [4.78, 5) is 25.0. The zero-order chi connectivity index (χ0) is 13.3. The topological polar surface area (TPSA) is 96.5 Å². The SMILES string of the molecule is CC(C)n1cc(-n2cc(C#N)c(=O)[nH]c2=O)cn1. The predicted molar refractivity (Wildman–Crippen MR) is 63.5 cm³/mol. The second-order valence-electron chi connectivity index (χ2n) is 4.06. The van der Waals surface area contributed by atoms with Gasteiger partial charge >= 0.3 is 5.69 Å². The Balaban J connectivity index is 2.60. The van der Waals surface area contributed by atoms with Gasteiger partial charge in [-0.15, -0.1) is 0 Å². The number of nitrogens with one attached hydrogen (secondary N) is 1. The van der Waals surface area contributed by atoms with Gasteiger partial charge in [-0.3, -0.25) is 19.0 Å². The number of rotatable bonds is 2. The molecule has 0 radical (unpaired) electrons. The molecule has 0 saturated carbocycles. The standard InChI is InChI=1S/C11H11N5O2/c1-7(2)16-6-9(4-13-16)15-5-8(3-12)10(17)14-11(15)18/h4-7H,1-2H3,(H,14,17,18). The Hall–Kier alpha value is -2.62. The third kappa shape index (κ3) is 1.96. The molecule has 0 unspecified atom stereocenters. The number of nitriles is 1. The summed E-state index contributed by atoms with van der Waals surface area (Å²) in [5.74, 6) is 0. The summed E-state index contributed by atoms with van der Waals surface area (Å²) in [5, 5.41) is 12.9. The van der Waals surface area contributed by atoms with Crippen molar-refractivity contribution in [1.82, 2.24) is 19.3 Å². The highest BCUT2D eigenvalue weighted by molar-refractivity contribution is 5.30. The van der Waals surface area contributed by atoms with Crippen LogP contribution in [0.2, 0.25) is 0 Å². The lowest BCUT2D eigenvalue weighted by atomic mass is 10.3. The van der Waals surface area contributed by atoms with Gasteiger partial charge in [0.25, 0.3) is 5.56 Å². The average molecular weight is 245 g/mol. The molecule has 0 aliphatic heterocycles. The Kier molecular flexibility index (Phi) is 2.85. The number of aromatic amines is 1. The van der Waals surface area contributed by atoms with E-state index in [-0.39, 0.29) is 11.6 Å². The first-order valence-electron chi connectivity index (χ1n) is 5.33. The molecule has 0 bridgehead atoms. The van der Waals surface area contributed by atoms with E-state index in [0.717, 1.165) is 0 Å². The van der Waals surface area contributed by atoms with Crippen LogP contribution in [0.4, 0.5) is 0 Å². The lowest BCUT2D eigenvalue weighted by Crippen LogP contribution is -2.29. The van der Waals surface area contributed by atoms with Gasteiger partial charge in [-0.2, -0.15) is 10.4 Å². The number of aromatic nitrogens is 4. The second-order valence-corrected chi connectivity index (χ2v) is 4.06. The van der Waals surface area contributed by atoms with E-state index in [1.807, 2.05) is 13.8 Å². The molecular formula is C11H11N5O2. The number of hydrogen-bond acceptors (Lipinski definition) is 4. The first-order valence-corrected chi connectivity index (χ1v) is 5.33. The van der Waals surface area contributed by atoms with E-state index >= 15 is 0 Å². The predicted octanol–water partition coefficient (Wildman–Crippen LogP) is 0.175. The van der Waals surface area contributed by atoms with Gasteiger partial charge in [0.1, 0.15) is 11.6 Å². The molecule has 92 valence electrons. The highest BCUT2D eigenvalue weighted by Gasteiger charge is 2.08. The Labute approximate surface area is 102 Å². The highest BCUT2D eigenvalue weighted by Crippen LogP contribution is 2.07. The van der Waals surface area contributed by atoms with Crippen LogP contribution >= 0.6 is 0 Å². The molecule has 0 aromatic carbocycles. The molecular weight excluding hydrogens is 234 g/mol. The fraction of sp³-hybridized carbons (Fsp3) is 0.273. The van der Waals surface area contributed by atoms with Crippen molar-refractivity contribution >= 4 is 0 Å². The molecule has 0 atom stereocenters. The summed E-state index contributed by atoms with van der Waals surface area (Å²) in [6.07, 6.45) is 4.38. The summed E-state index contributed by atoms with van der Waals surface area (Å²) in [6, 6.07) is 1.89. The van der Waals surface area contributed by atoms with Gasteiger partial charge in [0, 0.05) is 18.4 Å².